The molecule has 0 aliphatic rings. The number of hydrogen-bond donors (Lipinski definition) is 2. The van der Waals surface area contributed by atoms with Crippen molar-refractivity contribution in [3.63, 3.8) is 0 Å². The van der Waals surface area contributed by atoms with E-state index in [4.69, 9.17) is 5.84 Å². The summed E-state index contributed by atoms with van der Waals surface area (Å²) in [4.78, 5) is 1.31. The molecule has 20 heavy (non-hydrogen) atoms. The van der Waals surface area contributed by atoms with Crippen molar-refractivity contribution >= 4 is 11.8 Å². The maximum Gasteiger partial charge on any atom is 0.0460 e. The molecule has 3 N–H and O–H groups in total. The molecule has 0 amide bonds. The number of benzene rings is 1. The highest BCUT2D eigenvalue weighted by molar-refractivity contribution is 7.98. The van der Waals surface area contributed by atoms with Crippen LogP contribution >= 0.6 is 11.8 Å². The Morgan fingerprint density at radius 2 is 1.60 bits per heavy atom. The number of unbranched alkanes of at least 4 members (excludes halogenated alkanes) is 6. The van der Waals surface area contributed by atoms with E-state index in [-0.39, 0.29) is 0 Å². The zero-order chi connectivity index (χ0) is 14.6. The zero-order valence-electron chi connectivity index (χ0n) is 13.0. The van der Waals surface area contributed by atoms with E-state index in [0.29, 0.717) is 6.04 Å². The molecule has 0 aliphatic carbocycles. The van der Waals surface area contributed by atoms with Crippen LogP contribution in [0.25, 0.3) is 0 Å². The number of hydrogen-bond acceptors (Lipinski definition) is 3. The van der Waals surface area contributed by atoms with E-state index in [9.17, 15) is 0 Å². The average molecular weight is 295 g/mol. The molecule has 0 aliphatic heterocycles. The van der Waals surface area contributed by atoms with Crippen molar-refractivity contribution in [2.75, 3.05) is 6.26 Å². The van der Waals surface area contributed by atoms with E-state index in [2.05, 4.69) is 42.9 Å². The molecule has 0 saturated carbocycles. The fourth-order valence-corrected chi connectivity index (χ4v) is 2.90. The molecule has 2 nitrogen and oxygen atoms in total. The summed E-state index contributed by atoms with van der Waals surface area (Å²) in [6, 6.07) is 9.03. The van der Waals surface area contributed by atoms with Gasteiger partial charge in [0, 0.05) is 10.9 Å². The van der Waals surface area contributed by atoms with Gasteiger partial charge in [0.2, 0.25) is 0 Å². The van der Waals surface area contributed by atoms with Crippen molar-refractivity contribution in [1.29, 1.82) is 0 Å². The van der Waals surface area contributed by atoms with Gasteiger partial charge in [0.25, 0.3) is 0 Å². The molecule has 0 radical (unpaired) electrons. The summed E-state index contributed by atoms with van der Waals surface area (Å²) in [6.45, 7) is 2.26. The normalized spacial score (nSPS) is 12.6. The lowest BCUT2D eigenvalue weighted by Crippen LogP contribution is -2.27. The molecule has 0 spiro atoms. The smallest absolute Gasteiger partial charge is 0.0460 e. The minimum Gasteiger partial charge on any atom is -0.271 e. The van der Waals surface area contributed by atoms with Crippen LogP contribution in [0.15, 0.2) is 29.2 Å². The van der Waals surface area contributed by atoms with Crippen LogP contribution in [0.5, 0.6) is 0 Å². The Hall–Kier alpha value is -0.510. The van der Waals surface area contributed by atoms with Crippen LogP contribution in [0.4, 0.5) is 0 Å². The minimum atomic E-state index is 0.293. The topological polar surface area (TPSA) is 38.0 Å². The highest BCUT2D eigenvalue weighted by atomic mass is 32.2. The maximum atomic E-state index is 5.70. The second-order valence-corrected chi connectivity index (χ2v) is 6.28. The summed E-state index contributed by atoms with van der Waals surface area (Å²) >= 11 is 1.78. The molecule has 0 heterocycles. The molecule has 0 saturated heterocycles. The van der Waals surface area contributed by atoms with Gasteiger partial charge < -0.3 is 0 Å². The van der Waals surface area contributed by atoms with E-state index in [1.807, 2.05) is 0 Å². The number of thioether (sulfide) groups is 1. The standard InChI is InChI=1S/C17H30N2S/c1-3-4-5-6-7-8-9-10-17(19-18)15-11-13-16(20-2)14-12-15/h11-14,17,19H,3-10,18H2,1-2H3. The van der Waals surface area contributed by atoms with Gasteiger partial charge in [-0.05, 0) is 30.4 Å². The Morgan fingerprint density at radius 1 is 1.00 bits per heavy atom. The summed E-state index contributed by atoms with van der Waals surface area (Å²) in [6.07, 6.45) is 12.7. The summed E-state index contributed by atoms with van der Waals surface area (Å²) in [5, 5.41) is 0. The Labute approximate surface area is 128 Å². The third-order valence-corrected chi connectivity index (χ3v) is 4.56. The molecular weight excluding hydrogens is 264 g/mol. The van der Waals surface area contributed by atoms with Gasteiger partial charge in [-0.25, -0.2) is 0 Å². The number of rotatable bonds is 11. The van der Waals surface area contributed by atoms with Gasteiger partial charge >= 0.3 is 0 Å². The third kappa shape index (κ3) is 6.78. The molecule has 1 rings (SSSR count). The summed E-state index contributed by atoms with van der Waals surface area (Å²) in [5.74, 6) is 5.70. The van der Waals surface area contributed by atoms with Crippen molar-refractivity contribution in [3.8, 4) is 0 Å². The fourth-order valence-electron chi connectivity index (χ4n) is 2.49. The summed E-state index contributed by atoms with van der Waals surface area (Å²) < 4.78 is 0. The Bertz CT molecular complexity index is 337. The van der Waals surface area contributed by atoms with Crippen molar-refractivity contribution < 1.29 is 0 Å². The van der Waals surface area contributed by atoms with Gasteiger partial charge in [-0.1, -0.05) is 64.0 Å². The monoisotopic (exact) mass is 294 g/mol. The summed E-state index contributed by atoms with van der Waals surface area (Å²) in [5.41, 5.74) is 4.26. The zero-order valence-corrected chi connectivity index (χ0v) is 13.8. The van der Waals surface area contributed by atoms with Gasteiger partial charge in [-0.15, -0.1) is 11.8 Å². The van der Waals surface area contributed by atoms with E-state index >= 15 is 0 Å². The second kappa shape index (κ2) is 11.2. The SMILES string of the molecule is CCCCCCCCCC(NN)c1ccc(SC)cc1. The minimum absolute atomic E-state index is 0.293. The largest absolute Gasteiger partial charge is 0.271 e. The molecule has 3 heteroatoms. The lowest BCUT2D eigenvalue weighted by molar-refractivity contribution is 0.475. The average Bonchev–Trinajstić information content (AvgIpc) is 2.50. The number of nitrogens with one attached hydrogen (secondary N) is 1. The van der Waals surface area contributed by atoms with Gasteiger partial charge in [-0.2, -0.15) is 0 Å². The predicted octanol–water partition coefficient (Wildman–Crippen LogP) is 5.05. The number of hydrazine groups is 1. The van der Waals surface area contributed by atoms with Crippen LogP contribution in [0.3, 0.4) is 0 Å². The van der Waals surface area contributed by atoms with Crippen LogP contribution in [-0.4, -0.2) is 6.26 Å². The Morgan fingerprint density at radius 3 is 2.15 bits per heavy atom. The first-order valence-electron chi connectivity index (χ1n) is 7.92. The van der Waals surface area contributed by atoms with Crippen LogP contribution < -0.4 is 11.3 Å². The first kappa shape index (κ1) is 17.5. The first-order valence-corrected chi connectivity index (χ1v) is 9.14. The van der Waals surface area contributed by atoms with E-state index < -0.39 is 0 Å². The van der Waals surface area contributed by atoms with Gasteiger partial charge in [0.1, 0.15) is 0 Å². The van der Waals surface area contributed by atoms with Crippen LogP contribution in [-0.2, 0) is 0 Å². The Balaban J connectivity index is 2.24. The highest BCUT2D eigenvalue weighted by Gasteiger charge is 2.08. The van der Waals surface area contributed by atoms with E-state index in [1.54, 1.807) is 11.8 Å². The molecule has 114 valence electrons. The summed E-state index contributed by atoms with van der Waals surface area (Å²) in [7, 11) is 0. The molecule has 1 atom stereocenters. The lowest BCUT2D eigenvalue weighted by atomic mass is 10.00. The second-order valence-electron chi connectivity index (χ2n) is 5.40. The van der Waals surface area contributed by atoms with Gasteiger partial charge in [0.15, 0.2) is 0 Å². The van der Waals surface area contributed by atoms with Gasteiger partial charge in [0.05, 0.1) is 0 Å². The van der Waals surface area contributed by atoms with E-state index in [1.165, 1.54) is 55.4 Å². The lowest BCUT2D eigenvalue weighted by Gasteiger charge is -2.16. The predicted molar refractivity (Wildman–Crippen MR) is 90.9 cm³/mol. The highest BCUT2D eigenvalue weighted by Crippen LogP contribution is 2.22. The van der Waals surface area contributed by atoms with Crippen molar-refractivity contribution in [3.05, 3.63) is 29.8 Å². The fraction of sp³-hybridized carbons (Fsp3) is 0.647. The molecule has 1 aromatic carbocycles. The molecule has 0 aromatic heterocycles. The third-order valence-electron chi connectivity index (χ3n) is 3.82. The van der Waals surface area contributed by atoms with Gasteiger partial charge in [-0.3, -0.25) is 11.3 Å². The van der Waals surface area contributed by atoms with E-state index in [0.717, 1.165) is 6.42 Å². The molecule has 1 aromatic rings. The van der Waals surface area contributed by atoms with Crippen molar-refractivity contribution in [2.24, 2.45) is 5.84 Å². The van der Waals surface area contributed by atoms with Crippen molar-refractivity contribution in [1.82, 2.24) is 5.43 Å². The quantitative estimate of drug-likeness (QED) is 0.259. The van der Waals surface area contributed by atoms with Crippen LogP contribution in [0.1, 0.15) is 69.9 Å². The molecule has 0 fully saturated rings. The first-order chi connectivity index (χ1) is 9.81. The van der Waals surface area contributed by atoms with Crippen LogP contribution in [0, 0.1) is 0 Å². The number of nitrogens with two attached hydrogens (primary N) is 1. The molecule has 1 unspecified atom stereocenters. The van der Waals surface area contributed by atoms with Crippen molar-refractivity contribution in [2.45, 2.75) is 69.2 Å². The Kier molecular flexibility index (Phi) is 9.81. The molecule has 0 bridgehead atoms. The molecular formula is C17H30N2S. The van der Waals surface area contributed by atoms with Crippen LogP contribution in [0.2, 0.25) is 0 Å². The maximum absolute atomic E-state index is 5.70.